The molecule has 0 heterocycles. The Kier molecular flexibility index (Phi) is 29.8. The van der Waals surface area contributed by atoms with Gasteiger partial charge >= 0.3 is 0 Å². The van der Waals surface area contributed by atoms with Crippen molar-refractivity contribution in [1.82, 2.24) is 4.90 Å². The summed E-state index contributed by atoms with van der Waals surface area (Å²) in [5.74, 6) is 0. The highest BCUT2D eigenvalue weighted by atomic mass is 16.6. The first-order chi connectivity index (χ1) is 28.7. The van der Waals surface area contributed by atoms with Crippen LogP contribution in [0.15, 0.2) is 91.0 Å². The number of likely N-dealkylation sites (N-methyl/N-ethyl adjacent to an activating group) is 1. The topological polar surface area (TPSA) is 114 Å². The van der Waals surface area contributed by atoms with Gasteiger partial charge in [-0.25, -0.2) is 0 Å². The lowest BCUT2D eigenvalue weighted by molar-refractivity contribution is -0.0399. The molecule has 0 fully saturated rings. The van der Waals surface area contributed by atoms with Gasteiger partial charge in [-0.2, -0.15) is 0 Å². The van der Waals surface area contributed by atoms with Gasteiger partial charge in [-0.15, -0.1) is 0 Å². The SMILES string of the molecule is CN(C)CCOCCOCCOCCOCCOCCOCCOCCOCCOCCOCCOCCOC(c1ccccc1)(c1ccccc1)c1ccccc1. The second-order valence-corrected chi connectivity index (χ2v) is 13.2. The minimum atomic E-state index is -0.752. The molecule has 0 saturated carbocycles. The molecule has 3 rings (SSSR count). The summed E-state index contributed by atoms with van der Waals surface area (Å²) >= 11 is 0. The van der Waals surface area contributed by atoms with Crippen molar-refractivity contribution in [3.8, 4) is 0 Å². The maximum absolute atomic E-state index is 6.73. The molecule has 13 heteroatoms. The first-order valence-electron chi connectivity index (χ1n) is 20.5. The van der Waals surface area contributed by atoms with Crippen LogP contribution in [-0.2, 0) is 62.4 Å². The third-order valence-electron chi connectivity index (χ3n) is 8.49. The van der Waals surface area contributed by atoms with Crippen molar-refractivity contribution in [3.63, 3.8) is 0 Å². The van der Waals surface area contributed by atoms with Crippen molar-refractivity contribution in [3.05, 3.63) is 108 Å². The molecule has 0 aliphatic carbocycles. The van der Waals surface area contributed by atoms with Crippen LogP contribution in [0.1, 0.15) is 16.7 Å². The Balaban J connectivity index is 1.03. The molecule has 0 aliphatic rings. The fraction of sp³-hybridized carbons (Fsp3) is 0.600. The zero-order valence-electron chi connectivity index (χ0n) is 35.0. The Hall–Kier alpha value is -2.86. The van der Waals surface area contributed by atoms with Gasteiger partial charge in [-0.3, -0.25) is 0 Å². The fourth-order valence-electron chi connectivity index (χ4n) is 5.57. The third-order valence-corrected chi connectivity index (χ3v) is 8.49. The van der Waals surface area contributed by atoms with Gasteiger partial charge in [0.05, 0.1) is 152 Å². The van der Waals surface area contributed by atoms with Crippen LogP contribution in [0.5, 0.6) is 0 Å². The average molecular weight is 816 g/mol. The smallest absolute Gasteiger partial charge is 0.143 e. The largest absolute Gasteiger partial charge is 0.378 e. The lowest BCUT2D eigenvalue weighted by Crippen LogP contribution is -2.34. The highest BCUT2D eigenvalue weighted by molar-refractivity contribution is 5.47. The molecule has 0 aromatic heterocycles. The average Bonchev–Trinajstić information content (AvgIpc) is 3.25. The van der Waals surface area contributed by atoms with Crippen LogP contribution >= 0.6 is 0 Å². The zero-order chi connectivity index (χ0) is 40.9. The maximum atomic E-state index is 6.73. The number of ether oxygens (including phenoxy) is 12. The van der Waals surface area contributed by atoms with E-state index in [0.717, 1.165) is 23.2 Å². The van der Waals surface area contributed by atoms with E-state index in [-0.39, 0.29) is 0 Å². The zero-order valence-corrected chi connectivity index (χ0v) is 35.0. The van der Waals surface area contributed by atoms with Crippen molar-refractivity contribution < 1.29 is 56.8 Å². The van der Waals surface area contributed by atoms with Crippen molar-refractivity contribution in [1.29, 1.82) is 0 Å². The van der Waals surface area contributed by atoms with E-state index in [4.69, 9.17) is 56.8 Å². The van der Waals surface area contributed by atoms with Crippen LogP contribution in [0.2, 0.25) is 0 Å². The number of rotatable bonds is 40. The predicted molar refractivity (Wildman–Crippen MR) is 223 cm³/mol. The summed E-state index contributed by atoms with van der Waals surface area (Å²) in [5.41, 5.74) is 2.45. The van der Waals surface area contributed by atoms with Gasteiger partial charge in [0.2, 0.25) is 0 Å². The summed E-state index contributed by atoms with van der Waals surface area (Å²) in [7, 11) is 4.04. The van der Waals surface area contributed by atoms with Gasteiger partial charge in [-0.1, -0.05) is 91.0 Å². The summed E-state index contributed by atoms with van der Waals surface area (Å²) in [5, 5.41) is 0. The van der Waals surface area contributed by atoms with Crippen molar-refractivity contribution in [2.75, 3.05) is 173 Å². The molecule has 0 saturated heterocycles. The molecule has 0 bridgehead atoms. The second-order valence-electron chi connectivity index (χ2n) is 13.2. The molecule has 0 spiro atoms. The predicted octanol–water partition coefficient (Wildman–Crippen LogP) is 4.74. The molecule has 13 nitrogen and oxygen atoms in total. The van der Waals surface area contributed by atoms with Crippen molar-refractivity contribution in [2.45, 2.75) is 5.60 Å². The van der Waals surface area contributed by atoms with Crippen molar-refractivity contribution in [2.24, 2.45) is 0 Å². The summed E-state index contributed by atoms with van der Waals surface area (Å²) in [6, 6.07) is 31.0. The van der Waals surface area contributed by atoms with E-state index in [1.54, 1.807) is 0 Å². The molecule has 0 N–H and O–H groups in total. The molecule has 3 aromatic rings. The van der Waals surface area contributed by atoms with Crippen LogP contribution < -0.4 is 0 Å². The van der Waals surface area contributed by atoms with Crippen LogP contribution in [0.3, 0.4) is 0 Å². The van der Waals surface area contributed by atoms with E-state index in [2.05, 4.69) is 41.3 Å². The molecule has 58 heavy (non-hydrogen) atoms. The molecule has 326 valence electrons. The molecule has 0 aliphatic heterocycles. The van der Waals surface area contributed by atoms with Crippen LogP contribution in [0, 0.1) is 0 Å². The van der Waals surface area contributed by atoms with Crippen LogP contribution in [-0.4, -0.2) is 177 Å². The fourth-order valence-corrected chi connectivity index (χ4v) is 5.57. The Labute approximate surface area is 347 Å². The lowest BCUT2D eigenvalue weighted by Gasteiger charge is -2.36. The van der Waals surface area contributed by atoms with E-state index in [1.807, 2.05) is 68.7 Å². The standard InChI is InChI=1S/C45H69NO12/c1-46(2)18-19-47-20-21-48-22-23-49-24-25-50-26-27-51-28-29-52-30-31-53-32-33-54-34-35-55-36-37-56-38-39-57-40-41-58-45(42-12-6-3-7-13-42,43-14-8-4-9-15-43)44-16-10-5-11-17-44/h3-17H,18-41H2,1-2H3. The maximum Gasteiger partial charge on any atom is 0.143 e. The highest BCUT2D eigenvalue weighted by Gasteiger charge is 2.37. The second kappa shape index (κ2) is 34.9. The number of hydrogen-bond donors (Lipinski definition) is 0. The Morgan fingerprint density at radius 1 is 0.293 bits per heavy atom. The molecule has 0 atom stereocenters. The normalized spacial score (nSPS) is 11.8. The molecule has 0 unspecified atom stereocenters. The van der Waals surface area contributed by atoms with E-state index in [1.165, 1.54) is 0 Å². The Morgan fingerprint density at radius 2 is 0.500 bits per heavy atom. The lowest BCUT2D eigenvalue weighted by atomic mass is 9.80. The van der Waals surface area contributed by atoms with Crippen LogP contribution in [0.25, 0.3) is 0 Å². The van der Waals surface area contributed by atoms with Gasteiger partial charge in [-0.05, 0) is 30.8 Å². The quantitative estimate of drug-likeness (QED) is 0.0583. The van der Waals surface area contributed by atoms with E-state index in [9.17, 15) is 0 Å². The number of benzene rings is 3. The summed E-state index contributed by atoms with van der Waals surface area (Å²) in [6.07, 6.45) is 0. The molecule has 3 aromatic carbocycles. The molecular weight excluding hydrogens is 746 g/mol. The minimum Gasteiger partial charge on any atom is -0.378 e. The highest BCUT2D eigenvalue weighted by Crippen LogP contribution is 2.40. The van der Waals surface area contributed by atoms with Gasteiger partial charge in [0.25, 0.3) is 0 Å². The first-order valence-corrected chi connectivity index (χ1v) is 20.5. The van der Waals surface area contributed by atoms with Gasteiger partial charge < -0.3 is 61.7 Å². The van der Waals surface area contributed by atoms with E-state index >= 15 is 0 Å². The monoisotopic (exact) mass is 815 g/mol. The molecular formula is C45H69NO12. The van der Waals surface area contributed by atoms with Gasteiger partial charge in [0.1, 0.15) is 5.60 Å². The van der Waals surface area contributed by atoms with Gasteiger partial charge in [0.15, 0.2) is 0 Å². The number of nitrogens with zero attached hydrogens (tertiary/aromatic N) is 1. The summed E-state index contributed by atoms with van der Waals surface area (Å²) in [6.45, 7) is 12.8. The third kappa shape index (κ3) is 23.1. The van der Waals surface area contributed by atoms with E-state index < -0.39 is 5.60 Å². The summed E-state index contributed by atoms with van der Waals surface area (Å²) < 4.78 is 67.9. The van der Waals surface area contributed by atoms with Crippen LogP contribution in [0.4, 0.5) is 0 Å². The summed E-state index contributed by atoms with van der Waals surface area (Å²) in [4.78, 5) is 2.08. The van der Waals surface area contributed by atoms with E-state index in [0.29, 0.717) is 152 Å². The number of hydrogen-bond acceptors (Lipinski definition) is 13. The first kappa shape index (κ1) is 49.5. The molecule has 0 radical (unpaired) electrons. The van der Waals surface area contributed by atoms with Crippen molar-refractivity contribution >= 4 is 0 Å². The Bertz CT molecular complexity index is 1210. The molecule has 0 amide bonds. The minimum absolute atomic E-state index is 0.415. The Morgan fingerprint density at radius 3 is 0.724 bits per heavy atom. The van der Waals surface area contributed by atoms with Gasteiger partial charge in [0, 0.05) is 6.54 Å².